The second-order valence-corrected chi connectivity index (χ2v) is 6.67. The van der Waals surface area contributed by atoms with Crippen molar-refractivity contribution in [3.8, 4) is 0 Å². The number of nitrogens with zero attached hydrogens (tertiary/aromatic N) is 4. The Morgan fingerprint density at radius 2 is 1.76 bits per heavy atom. The monoisotopic (exact) mass is 339 g/mol. The quantitative estimate of drug-likeness (QED) is 0.901. The van der Waals surface area contributed by atoms with Gasteiger partial charge in [0.1, 0.15) is 17.7 Å². The lowest BCUT2D eigenvalue weighted by Gasteiger charge is -2.38. The summed E-state index contributed by atoms with van der Waals surface area (Å²) in [4.78, 5) is 25.4. The highest BCUT2D eigenvalue weighted by atomic mass is 16.1. The zero-order chi connectivity index (χ0) is 17.8. The van der Waals surface area contributed by atoms with Crippen LogP contribution in [0.15, 0.2) is 42.6 Å². The molecule has 1 aliphatic rings. The maximum absolute atomic E-state index is 12.0. The van der Waals surface area contributed by atoms with Gasteiger partial charge in [-0.2, -0.15) is 0 Å². The molecule has 1 aromatic carbocycles. The molecule has 0 saturated carbocycles. The molecule has 1 atom stereocenters. The highest BCUT2D eigenvalue weighted by Crippen LogP contribution is 2.23. The Hall–Kier alpha value is -2.47. The van der Waals surface area contributed by atoms with Crippen LogP contribution < -0.4 is 10.6 Å². The minimum Gasteiger partial charge on any atom is -0.368 e. The molecule has 1 aromatic heterocycles. The molecule has 6 heteroatoms. The van der Waals surface area contributed by atoms with Crippen LogP contribution in [0, 0.1) is 0 Å². The van der Waals surface area contributed by atoms with Crippen molar-refractivity contribution in [1.29, 1.82) is 0 Å². The topological polar surface area (TPSA) is 75.3 Å². The Labute approximate surface area is 148 Å². The highest BCUT2D eigenvalue weighted by molar-refractivity contribution is 5.81. The van der Waals surface area contributed by atoms with E-state index in [1.165, 1.54) is 0 Å². The van der Waals surface area contributed by atoms with E-state index in [-0.39, 0.29) is 11.9 Å². The van der Waals surface area contributed by atoms with Gasteiger partial charge in [-0.05, 0) is 11.6 Å². The van der Waals surface area contributed by atoms with Gasteiger partial charge in [-0.15, -0.1) is 0 Å². The number of nitrogens with two attached hydrogens (primary N) is 1. The molecular weight excluding hydrogens is 314 g/mol. The van der Waals surface area contributed by atoms with Gasteiger partial charge in [0.2, 0.25) is 5.91 Å². The van der Waals surface area contributed by atoms with Gasteiger partial charge in [0.25, 0.3) is 0 Å². The molecule has 1 fully saturated rings. The Balaban J connectivity index is 1.70. The van der Waals surface area contributed by atoms with E-state index >= 15 is 0 Å². The molecular formula is C19H25N5O. The van der Waals surface area contributed by atoms with Crippen LogP contribution in [-0.2, 0) is 4.79 Å². The number of piperazine rings is 1. The van der Waals surface area contributed by atoms with Crippen LogP contribution in [0.5, 0.6) is 0 Å². The van der Waals surface area contributed by atoms with Crippen LogP contribution in [0.1, 0.15) is 37.2 Å². The molecule has 1 unspecified atom stereocenters. The van der Waals surface area contributed by atoms with E-state index in [4.69, 9.17) is 5.73 Å². The summed E-state index contributed by atoms with van der Waals surface area (Å²) in [7, 11) is 0. The number of hydrogen-bond donors (Lipinski definition) is 1. The first-order chi connectivity index (χ1) is 12.1. The number of benzene rings is 1. The van der Waals surface area contributed by atoms with Crippen molar-refractivity contribution >= 4 is 11.7 Å². The third kappa shape index (κ3) is 3.96. The molecule has 0 bridgehead atoms. The summed E-state index contributed by atoms with van der Waals surface area (Å²) in [6.07, 6.45) is 1.82. The predicted molar refractivity (Wildman–Crippen MR) is 98.3 cm³/mol. The van der Waals surface area contributed by atoms with Crippen LogP contribution in [0.4, 0.5) is 5.82 Å². The standard InChI is InChI=1S/C19H25N5O/c1-14(2)19-21-9-8-16(22-19)23-10-12-24(13-11-23)17(18(20)25)15-6-4-3-5-7-15/h3-9,14,17H,10-13H2,1-2H3,(H2,20,25). The van der Waals surface area contributed by atoms with E-state index in [1.807, 2.05) is 42.6 Å². The van der Waals surface area contributed by atoms with Gasteiger partial charge in [0, 0.05) is 38.3 Å². The number of hydrogen-bond acceptors (Lipinski definition) is 5. The molecule has 1 amide bonds. The molecule has 0 aliphatic carbocycles. The summed E-state index contributed by atoms with van der Waals surface area (Å²) in [5.74, 6) is 1.82. The van der Waals surface area contributed by atoms with Crippen molar-refractivity contribution in [3.63, 3.8) is 0 Å². The lowest BCUT2D eigenvalue weighted by Crippen LogP contribution is -2.50. The van der Waals surface area contributed by atoms with E-state index in [1.54, 1.807) is 0 Å². The van der Waals surface area contributed by atoms with E-state index < -0.39 is 0 Å². The number of carbonyl (C=O) groups is 1. The van der Waals surface area contributed by atoms with E-state index in [0.717, 1.165) is 43.4 Å². The average molecular weight is 339 g/mol. The molecule has 1 saturated heterocycles. The Bertz CT molecular complexity index is 711. The molecule has 2 heterocycles. The lowest BCUT2D eigenvalue weighted by molar-refractivity contribution is -0.123. The van der Waals surface area contributed by atoms with Gasteiger partial charge < -0.3 is 10.6 Å². The third-order valence-corrected chi connectivity index (χ3v) is 4.56. The maximum Gasteiger partial charge on any atom is 0.239 e. The molecule has 132 valence electrons. The zero-order valence-electron chi connectivity index (χ0n) is 14.8. The zero-order valence-corrected chi connectivity index (χ0v) is 14.8. The summed E-state index contributed by atoms with van der Waals surface area (Å²) in [6, 6.07) is 11.3. The number of amides is 1. The largest absolute Gasteiger partial charge is 0.368 e. The van der Waals surface area contributed by atoms with Crippen molar-refractivity contribution in [2.45, 2.75) is 25.8 Å². The van der Waals surface area contributed by atoms with Gasteiger partial charge in [-0.1, -0.05) is 44.2 Å². The van der Waals surface area contributed by atoms with Crippen LogP contribution in [-0.4, -0.2) is 47.0 Å². The van der Waals surface area contributed by atoms with Crippen molar-refractivity contribution in [3.05, 3.63) is 54.0 Å². The lowest BCUT2D eigenvalue weighted by atomic mass is 10.0. The number of rotatable bonds is 5. The molecule has 2 aromatic rings. The van der Waals surface area contributed by atoms with Gasteiger partial charge in [-0.25, -0.2) is 9.97 Å². The smallest absolute Gasteiger partial charge is 0.239 e. The molecule has 1 aliphatic heterocycles. The normalized spacial score (nSPS) is 16.8. The molecule has 3 rings (SSSR count). The molecule has 2 N–H and O–H groups in total. The van der Waals surface area contributed by atoms with Gasteiger partial charge in [0.05, 0.1) is 0 Å². The SMILES string of the molecule is CC(C)c1nccc(N2CCN(C(C(N)=O)c3ccccc3)CC2)n1. The van der Waals surface area contributed by atoms with Crippen molar-refractivity contribution < 1.29 is 4.79 Å². The summed E-state index contributed by atoms with van der Waals surface area (Å²) >= 11 is 0. The van der Waals surface area contributed by atoms with Crippen LogP contribution in [0.25, 0.3) is 0 Å². The van der Waals surface area contributed by atoms with Crippen LogP contribution >= 0.6 is 0 Å². The summed E-state index contributed by atoms with van der Waals surface area (Å²) < 4.78 is 0. The Kier molecular flexibility index (Phi) is 5.28. The van der Waals surface area contributed by atoms with E-state index in [0.29, 0.717) is 5.92 Å². The fourth-order valence-corrected chi connectivity index (χ4v) is 3.22. The predicted octanol–water partition coefficient (Wildman–Crippen LogP) is 1.95. The number of carbonyl (C=O) groups excluding carboxylic acids is 1. The van der Waals surface area contributed by atoms with E-state index in [9.17, 15) is 4.79 Å². The molecule has 0 radical (unpaired) electrons. The van der Waals surface area contributed by atoms with Crippen molar-refractivity contribution in [2.24, 2.45) is 5.73 Å². The van der Waals surface area contributed by atoms with E-state index in [2.05, 4.69) is 33.6 Å². The summed E-state index contributed by atoms with van der Waals surface area (Å²) in [6.45, 7) is 7.34. The maximum atomic E-state index is 12.0. The molecule has 0 spiro atoms. The first-order valence-corrected chi connectivity index (χ1v) is 8.72. The van der Waals surface area contributed by atoms with Gasteiger partial charge >= 0.3 is 0 Å². The van der Waals surface area contributed by atoms with Gasteiger partial charge in [-0.3, -0.25) is 9.69 Å². The van der Waals surface area contributed by atoms with Crippen LogP contribution in [0.2, 0.25) is 0 Å². The fraction of sp³-hybridized carbons (Fsp3) is 0.421. The summed E-state index contributed by atoms with van der Waals surface area (Å²) in [5, 5.41) is 0. The molecule has 25 heavy (non-hydrogen) atoms. The fourth-order valence-electron chi connectivity index (χ4n) is 3.22. The first-order valence-electron chi connectivity index (χ1n) is 8.72. The second kappa shape index (κ2) is 7.61. The first kappa shape index (κ1) is 17.4. The van der Waals surface area contributed by atoms with Gasteiger partial charge in [0.15, 0.2) is 0 Å². The second-order valence-electron chi connectivity index (χ2n) is 6.67. The number of primary amides is 1. The highest BCUT2D eigenvalue weighted by Gasteiger charge is 2.29. The minimum absolute atomic E-state index is 0.302. The van der Waals surface area contributed by atoms with Crippen molar-refractivity contribution in [1.82, 2.24) is 14.9 Å². The average Bonchev–Trinajstić information content (AvgIpc) is 2.63. The summed E-state index contributed by atoms with van der Waals surface area (Å²) in [5.41, 5.74) is 6.64. The Morgan fingerprint density at radius 1 is 1.08 bits per heavy atom. The molecule has 6 nitrogen and oxygen atoms in total. The Morgan fingerprint density at radius 3 is 2.36 bits per heavy atom. The number of anilines is 1. The minimum atomic E-state index is -0.375. The third-order valence-electron chi connectivity index (χ3n) is 4.56. The van der Waals surface area contributed by atoms with Crippen LogP contribution in [0.3, 0.4) is 0 Å². The number of aromatic nitrogens is 2. The van der Waals surface area contributed by atoms with Crippen molar-refractivity contribution in [2.75, 3.05) is 31.1 Å².